The molecule has 1 aliphatic rings. The van der Waals surface area contributed by atoms with Crippen LogP contribution in [0.2, 0.25) is 0 Å². The van der Waals surface area contributed by atoms with E-state index >= 15 is 0 Å². The SMILES string of the molecule is CCNC(Cc1ccc(I)cc1)C1CC1. The molecule has 1 unspecified atom stereocenters. The summed E-state index contributed by atoms with van der Waals surface area (Å²) in [6.07, 6.45) is 4.03. The van der Waals surface area contributed by atoms with Crippen LogP contribution in [0.25, 0.3) is 0 Å². The third-order valence-electron chi connectivity index (χ3n) is 3.03. The Balaban J connectivity index is 1.95. The topological polar surface area (TPSA) is 12.0 Å². The van der Waals surface area contributed by atoms with Gasteiger partial charge in [0, 0.05) is 9.61 Å². The Morgan fingerprint density at radius 2 is 2.00 bits per heavy atom. The molecule has 1 nitrogen and oxygen atoms in total. The minimum Gasteiger partial charge on any atom is -0.314 e. The molecule has 0 bridgehead atoms. The summed E-state index contributed by atoms with van der Waals surface area (Å²) in [6.45, 7) is 3.29. The lowest BCUT2D eigenvalue weighted by Gasteiger charge is -2.17. The maximum atomic E-state index is 3.61. The van der Waals surface area contributed by atoms with Gasteiger partial charge in [0.2, 0.25) is 0 Å². The molecule has 82 valence electrons. The Bertz CT molecular complexity index is 303. The van der Waals surface area contributed by atoms with Crippen molar-refractivity contribution in [1.82, 2.24) is 5.32 Å². The van der Waals surface area contributed by atoms with E-state index in [2.05, 4.69) is 59.1 Å². The van der Waals surface area contributed by atoms with E-state index < -0.39 is 0 Å². The van der Waals surface area contributed by atoms with E-state index in [0.717, 1.165) is 12.5 Å². The van der Waals surface area contributed by atoms with E-state index in [0.29, 0.717) is 6.04 Å². The molecule has 1 aromatic rings. The van der Waals surface area contributed by atoms with Crippen LogP contribution >= 0.6 is 22.6 Å². The van der Waals surface area contributed by atoms with E-state index in [1.54, 1.807) is 0 Å². The van der Waals surface area contributed by atoms with Crippen LogP contribution in [0.15, 0.2) is 24.3 Å². The Morgan fingerprint density at radius 1 is 1.33 bits per heavy atom. The van der Waals surface area contributed by atoms with Crippen LogP contribution in [0.1, 0.15) is 25.3 Å². The Morgan fingerprint density at radius 3 is 2.53 bits per heavy atom. The molecule has 0 spiro atoms. The number of hydrogen-bond donors (Lipinski definition) is 1. The second-order valence-electron chi connectivity index (χ2n) is 4.33. The molecule has 0 radical (unpaired) electrons. The molecule has 1 N–H and O–H groups in total. The van der Waals surface area contributed by atoms with Gasteiger partial charge in [-0.15, -0.1) is 0 Å². The van der Waals surface area contributed by atoms with Crippen LogP contribution in [0.5, 0.6) is 0 Å². The molecule has 15 heavy (non-hydrogen) atoms. The average molecular weight is 315 g/mol. The van der Waals surface area contributed by atoms with Crippen LogP contribution in [0, 0.1) is 9.49 Å². The van der Waals surface area contributed by atoms with Gasteiger partial charge in [-0.25, -0.2) is 0 Å². The fraction of sp³-hybridized carbons (Fsp3) is 0.538. The molecule has 0 amide bonds. The third kappa shape index (κ3) is 3.45. The van der Waals surface area contributed by atoms with Crippen LogP contribution < -0.4 is 5.32 Å². The highest BCUT2D eigenvalue weighted by Gasteiger charge is 2.30. The molecule has 0 aliphatic heterocycles. The summed E-state index contributed by atoms with van der Waals surface area (Å²) in [6, 6.07) is 9.62. The van der Waals surface area contributed by atoms with Gasteiger partial charge < -0.3 is 5.32 Å². The molecule has 2 heteroatoms. The van der Waals surface area contributed by atoms with Crippen LogP contribution in [-0.4, -0.2) is 12.6 Å². The Kier molecular flexibility index (Phi) is 4.03. The molecule has 1 atom stereocenters. The van der Waals surface area contributed by atoms with Crippen LogP contribution in [-0.2, 0) is 6.42 Å². The number of benzene rings is 1. The number of halogens is 1. The van der Waals surface area contributed by atoms with E-state index in [1.165, 1.54) is 28.4 Å². The van der Waals surface area contributed by atoms with Gasteiger partial charge in [0.05, 0.1) is 0 Å². The molecule has 1 aliphatic carbocycles. The van der Waals surface area contributed by atoms with E-state index in [1.807, 2.05) is 0 Å². The average Bonchev–Trinajstić information content (AvgIpc) is 3.04. The Labute approximate surface area is 106 Å². The molecule has 0 heterocycles. The molecule has 2 rings (SSSR count). The monoisotopic (exact) mass is 315 g/mol. The summed E-state index contributed by atoms with van der Waals surface area (Å²) < 4.78 is 1.32. The lowest BCUT2D eigenvalue weighted by atomic mass is 10.0. The number of likely N-dealkylation sites (N-methyl/N-ethyl adjacent to an activating group) is 1. The van der Waals surface area contributed by atoms with Crippen molar-refractivity contribution in [1.29, 1.82) is 0 Å². The van der Waals surface area contributed by atoms with E-state index in [4.69, 9.17) is 0 Å². The summed E-state index contributed by atoms with van der Waals surface area (Å²) in [7, 11) is 0. The summed E-state index contributed by atoms with van der Waals surface area (Å²) in [5.41, 5.74) is 1.47. The first kappa shape index (κ1) is 11.4. The van der Waals surface area contributed by atoms with Crippen molar-refractivity contribution in [2.45, 2.75) is 32.2 Å². The van der Waals surface area contributed by atoms with Crippen molar-refractivity contribution in [2.24, 2.45) is 5.92 Å². The fourth-order valence-electron chi connectivity index (χ4n) is 2.04. The van der Waals surface area contributed by atoms with Gasteiger partial charge in [-0.3, -0.25) is 0 Å². The smallest absolute Gasteiger partial charge is 0.0136 e. The molecule has 1 fully saturated rings. The van der Waals surface area contributed by atoms with E-state index in [-0.39, 0.29) is 0 Å². The lowest BCUT2D eigenvalue weighted by Crippen LogP contribution is -2.32. The fourth-order valence-corrected chi connectivity index (χ4v) is 2.40. The lowest BCUT2D eigenvalue weighted by molar-refractivity contribution is 0.472. The van der Waals surface area contributed by atoms with E-state index in [9.17, 15) is 0 Å². The number of hydrogen-bond acceptors (Lipinski definition) is 1. The van der Waals surface area contributed by atoms with Crippen molar-refractivity contribution >= 4 is 22.6 Å². The first-order valence-electron chi connectivity index (χ1n) is 5.77. The highest BCUT2D eigenvalue weighted by Crippen LogP contribution is 2.34. The highest BCUT2D eigenvalue weighted by atomic mass is 127. The zero-order valence-corrected chi connectivity index (χ0v) is 11.3. The normalized spacial score (nSPS) is 17.7. The molecular weight excluding hydrogens is 297 g/mol. The summed E-state index contributed by atoms with van der Waals surface area (Å²) in [5, 5.41) is 3.61. The van der Waals surface area contributed by atoms with Gasteiger partial charge >= 0.3 is 0 Å². The maximum absolute atomic E-state index is 3.61. The molecule has 1 aromatic carbocycles. The van der Waals surface area contributed by atoms with Gasteiger partial charge in [0.25, 0.3) is 0 Å². The Hall–Kier alpha value is -0.0900. The molecule has 1 saturated carbocycles. The highest BCUT2D eigenvalue weighted by molar-refractivity contribution is 14.1. The van der Waals surface area contributed by atoms with Crippen molar-refractivity contribution in [3.63, 3.8) is 0 Å². The summed E-state index contributed by atoms with van der Waals surface area (Å²) >= 11 is 2.36. The first-order chi connectivity index (χ1) is 7.29. The summed E-state index contributed by atoms with van der Waals surface area (Å²) in [5.74, 6) is 0.934. The zero-order valence-electron chi connectivity index (χ0n) is 9.17. The predicted octanol–water partition coefficient (Wildman–Crippen LogP) is 3.22. The molecular formula is C13H18IN. The van der Waals surface area contributed by atoms with Gasteiger partial charge in [-0.1, -0.05) is 19.1 Å². The number of rotatable bonds is 5. The second-order valence-corrected chi connectivity index (χ2v) is 5.58. The standard InChI is InChI=1S/C13H18IN/c1-2-15-13(11-5-6-11)9-10-3-7-12(14)8-4-10/h3-4,7-8,11,13,15H,2,5-6,9H2,1H3. The van der Waals surface area contributed by atoms with Crippen molar-refractivity contribution in [2.75, 3.05) is 6.54 Å². The van der Waals surface area contributed by atoms with Gasteiger partial charge in [0.15, 0.2) is 0 Å². The van der Waals surface area contributed by atoms with Crippen molar-refractivity contribution in [3.05, 3.63) is 33.4 Å². The quantitative estimate of drug-likeness (QED) is 0.823. The van der Waals surface area contributed by atoms with Crippen LogP contribution in [0.3, 0.4) is 0 Å². The van der Waals surface area contributed by atoms with Gasteiger partial charge in [0.1, 0.15) is 0 Å². The first-order valence-corrected chi connectivity index (χ1v) is 6.85. The second kappa shape index (κ2) is 5.30. The maximum Gasteiger partial charge on any atom is 0.0136 e. The van der Waals surface area contributed by atoms with Crippen molar-refractivity contribution in [3.8, 4) is 0 Å². The third-order valence-corrected chi connectivity index (χ3v) is 3.75. The van der Waals surface area contributed by atoms with Gasteiger partial charge in [-0.05, 0) is 72.0 Å². The molecule has 0 saturated heterocycles. The molecule has 0 aromatic heterocycles. The summed E-state index contributed by atoms with van der Waals surface area (Å²) in [4.78, 5) is 0. The predicted molar refractivity (Wildman–Crippen MR) is 73.1 cm³/mol. The largest absolute Gasteiger partial charge is 0.314 e. The van der Waals surface area contributed by atoms with Crippen LogP contribution in [0.4, 0.5) is 0 Å². The zero-order chi connectivity index (χ0) is 10.7. The van der Waals surface area contributed by atoms with Crippen molar-refractivity contribution < 1.29 is 0 Å². The minimum absolute atomic E-state index is 0.704. The minimum atomic E-state index is 0.704. The number of nitrogens with one attached hydrogen (secondary N) is 1. The van der Waals surface area contributed by atoms with Gasteiger partial charge in [-0.2, -0.15) is 0 Å².